The third kappa shape index (κ3) is 7.08. The molecule has 1 saturated carbocycles. The molecule has 1 atom stereocenters. The number of amides is 3. The average molecular weight is 483 g/mol. The van der Waals surface area contributed by atoms with Gasteiger partial charge in [0.05, 0.1) is 13.2 Å². The van der Waals surface area contributed by atoms with Gasteiger partial charge in [0.2, 0.25) is 11.8 Å². The quantitative estimate of drug-likeness (QED) is 0.228. The second-order valence-corrected chi connectivity index (χ2v) is 10.7. The van der Waals surface area contributed by atoms with Crippen LogP contribution in [0, 0.1) is 5.92 Å². The van der Waals surface area contributed by atoms with Crippen LogP contribution in [0.4, 0.5) is 0 Å². The summed E-state index contributed by atoms with van der Waals surface area (Å²) >= 11 is 0. The minimum absolute atomic E-state index is 0.154. The van der Waals surface area contributed by atoms with Gasteiger partial charge in [0.25, 0.3) is 5.91 Å². The summed E-state index contributed by atoms with van der Waals surface area (Å²) in [6, 6.07) is 4.96. The van der Waals surface area contributed by atoms with Crippen LogP contribution in [0.5, 0.6) is 5.75 Å². The van der Waals surface area contributed by atoms with Crippen molar-refractivity contribution < 1.29 is 19.1 Å². The molecule has 0 radical (unpaired) electrons. The van der Waals surface area contributed by atoms with Crippen LogP contribution in [0.3, 0.4) is 0 Å². The normalized spacial score (nSPS) is 21.1. The van der Waals surface area contributed by atoms with Crippen LogP contribution in [0.2, 0.25) is 0 Å². The number of piperidine rings is 1. The first-order valence-corrected chi connectivity index (χ1v) is 14.0. The molecule has 2 heterocycles. The minimum atomic E-state index is -0.590. The van der Waals surface area contributed by atoms with E-state index in [1.54, 1.807) is 11.0 Å². The van der Waals surface area contributed by atoms with Crippen LogP contribution in [-0.4, -0.2) is 35.3 Å². The van der Waals surface area contributed by atoms with Crippen molar-refractivity contribution in [1.82, 2.24) is 10.2 Å². The molecule has 1 unspecified atom stereocenters. The molecule has 6 heteroatoms. The van der Waals surface area contributed by atoms with E-state index >= 15 is 0 Å². The molecule has 1 aromatic carbocycles. The Balaban J connectivity index is 1.11. The number of nitrogens with zero attached hydrogens (tertiary/aromatic N) is 1. The summed E-state index contributed by atoms with van der Waals surface area (Å²) in [5.74, 6) is 0.937. The summed E-state index contributed by atoms with van der Waals surface area (Å²) in [4.78, 5) is 38.2. The van der Waals surface area contributed by atoms with Crippen molar-refractivity contribution in [2.45, 2.75) is 115 Å². The summed E-state index contributed by atoms with van der Waals surface area (Å²) in [7, 11) is 0. The number of imide groups is 1. The van der Waals surface area contributed by atoms with E-state index in [2.05, 4.69) is 5.32 Å². The molecule has 2 fully saturated rings. The molecular formula is C29H42N2O4. The Morgan fingerprint density at radius 1 is 0.857 bits per heavy atom. The maximum Gasteiger partial charge on any atom is 0.255 e. The van der Waals surface area contributed by atoms with Crippen molar-refractivity contribution >= 4 is 17.7 Å². The van der Waals surface area contributed by atoms with Gasteiger partial charge in [-0.1, -0.05) is 89.5 Å². The number of fused-ring (bicyclic) bond motifs is 1. The van der Waals surface area contributed by atoms with E-state index in [0.29, 0.717) is 25.1 Å². The molecule has 192 valence electrons. The van der Waals surface area contributed by atoms with E-state index in [4.69, 9.17) is 4.74 Å². The highest BCUT2D eigenvalue weighted by atomic mass is 16.5. The number of benzene rings is 1. The first kappa shape index (κ1) is 25.7. The zero-order valence-corrected chi connectivity index (χ0v) is 21.2. The molecule has 0 bridgehead atoms. The fraction of sp³-hybridized carbons (Fsp3) is 0.690. The lowest BCUT2D eigenvalue weighted by Gasteiger charge is -2.29. The Bertz CT molecular complexity index is 875. The van der Waals surface area contributed by atoms with Gasteiger partial charge in [0, 0.05) is 17.5 Å². The Morgan fingerprint density at radius 2 is 1.57 bits per heavy atom. The lowest BCUT2D eigenvalue weighted by Crippen LogP contribution is -2.52. The van der Waals surface area contributed by atoms with Gasteiger partial charge < -0.3 is 9.64 Å². The predicted octanol–water partition coefficient (Wildman–Crippen LogP) is 5.92. The number of carbonyl (C=O) groups excluding carboxylic acids is 3. The summed E-state index contributed by atoms with van der Waals surface area (Å²) in [6.07, 6.45) is 19.7. The maximum atomic E-state index is 12.9. The standard InChI is InChI=1S/C29H42N2O4/c32-27-19-18-25(28(33)30-27)31-21-24-23(29(31)34)16-12-17-26(24)35-20-11-7-3-1-2-4-8-13-22-14-9-5-6-10-15-22/h12,16-17,22,25H,1-11,13-15,18-21H2,(H,30,32,33). The highest BCUT2D eigenvalue weighted by molar-refractivity contribution is 6.05. The SMILES string of the molecule is O=C1CCC(N2Cc3c(OCCCCCCCCCC4CCCCCC4)cccc3C2=O)C(=O)N1. The number of unbranched alkanes of at least 4 members (excludes halogenated alkanes) is 6. The van der Waals surface area contributed by atoms with E-state index in [1.807, 2.05) is 12.1 Å². The summed E-state index contributed by atoms with van der Waals surface area (Å²) in [5.41, 5.74) is 1.46. The van der Waals surface area contributed by atoms with Gasteiger partial charge >= 0.3 is 0 Å². The smallest absolute Gasteiger partial charge is 0.255 e. The van der Waals surface area contributed by atoms with Gasteiger partial charge in [-0.05, 0) is 30.9 Å². The average Bonchev–Trinajstić information content (AvgIpc) is 3.01. The first-order valence-electron chi connectivity index (χ1n) is 14.0. The molecule has 6 nitrogen and oxygen atoms in total. The third-order valence-corrected chi connectivity index (χ3v) is 8.03. The monoisotopic (exact) mass is 482 g/mol. The summed E-state index contributed by atoms with van der Waals surface area (Å²) in [5, 5.41) is 2.35. The first-order chi connectivity index (χ1) is 17.1. The van der Waals surface area contributed by atoms with Crippen molar-refractivity contribution in [2.75, 3.05) is 6.61 Å². The number of rotatable bonds is 12. The van der Waals surface area contributed by atoms with Gasteiger partial charge in [-0.25, -0.2) is 0 Å². The van der Waals surface area contributed by atoms with E-state index in [9.17, 15) is 14.4 Å². The van der Waals surface area contributed by atoms with Crippen molar-refractivity contribution in [3.8, 4) is 5.75 Å². The molecule has 0 spiro atoms. The molecule has 1 aromatic rings. The molecule has 2 aliphatic heterocycles. The Hall–Kier alpha value is -2.37. The molecule has 4 rings (SSSR count). The van der Waals surface area contributed by atoms with Crippen molar-refractivity contribution in [2.24, 2.45) is 5.92 Å². The van der Waals surface area contributed by atoms with E-state index < -0.39 is 6.04 Å². The fourth-order valence-corrected chi connectivity index (χ4v) is 5.95. The number of hydrogen-bond donors (Lipinski definition) is 1. The Morgan fingerprint density at radius 3 is 2.31 bits per heavy atom. The lowest BCUT2D eigenvalue weighted by atomic mass is 9.93. The predicted molar refractivity (Wildman–Crippen MR) is 136 cm³/mol. The topological polar surface area (TPSA) is 75.7 Å². The number of hydrogen-bond acceptors (Lipinski definition) is 4. The van der Waals surface area contributed by atoms with E-state index in [0.717, 1.165) is 23.7 Å². The van der Waals surface area contributed by atoms with Crippen molar-refractivity contribution in [3.63, 3.8) is 0 Å². The van der Waals surface area contributed by atoms with Crippen LogP contribution in [0.15, 0.2) is 18.2 Å². The lowest BCUT2D eigenvalue weighted by molar-refractivity contribution is -0.136. The number of nitrogens with one attached hydrogen (secondary N) is 1. The van der Waals surface area contributed by atoms with Crippen LogP contribution in [0.25, 0.3) is 0 Å². The Labute approximate surface area is 210 Å². The Kier molecular flexibility index (Phi) is 9.61. The van der Waals surface area contributed by atoms with Crippen LogP contribution >= 0.6 is 0 Å². The summed E-state index contributed by atoms with van der Waals surface area (Å²) in [6.45, 7) is 1.00. The molecular weight excluding hydrogens is 440 g/mol. The molecule has 3 aliphatic rings. The largest absolute Gasteiger partial charge is 0.493 e. The minimum Gasteiger partial charge on any atom is -0.493 e. The van der Waals surface area contributed by atoms with Gasteiger partial charge in [0.1, 0.15) is 11.8 Å². The zero-order valence-electron chi connectivity index (χ0n) is 21.2. The molecule has 1 N–H and O–H groups in total. The zero-order chi connectivity index (χ0) is 24.5. The van der Waals surface area contributed by atoms with Gasteiger partial charge in [-0.2, -0.15) is 0 Å². The van der Waals surface area contributed by atoms with Crippen LogP contribution < -0.4 is 10.1 Å². The summed E-state index contributed by atoms with van der Waals surface area (Å²) < 4.78 is 6.07. The highest BCUT2D eigenvalue weighted by Crippen LogP contribution is 2.33. The molecule has 1 aliphatic carbocycles. The molecule has 0 aromatic heterocycles. The van der Waals surface area contributed by atoms with E-state index in [-0.39, 0.29) is 24.1 Å². The van der Waals surface area contributed by atoms with Crippen molar-refractivity contribution in [1.29, 1.82) is 0 Å². The van der Waals surface area contributed by atoms with Gasteiger partial charge in [-0.3, -0.25) is 19.7 Å². The van der Waals surface area contributed by atoms with Gasteiger partial charge in [-0.15, -0.1) is 0 Å². The van der Waals surface area contributed by atoms with Crippen molar-refractivity contribution in [3.05, 3.63) is 29.3 Å². The fourth-order valence-electron chi connectivity index (χ4n) is 5.95. The maximum absolute atomic E-state index is 12.9. The second kappa shape index (κ2) is 13.1. The molecule has 1 saturated heterocycles. The highest BCUT2D eigenvalue weighted by Gasteiger charge is 2.40. The van der Waals surface area contributed by atoms with Crippen LogP contribution in [0.1, 0.15) is 119 Å². The van der Waals surface area contributed by atoms with Crippen LogP contribution in [-0.2, 0) is 16.1 Å². The third-order valence-electron chi connectivity index (χ3n) is 8.03. The molecule has 35 heavy (non-hydrogen) atoms. The number of carbonyl (C=O) groups is 3. The van der Waals surface area contributed by atoms with Gasteiger partial charge in [0.15, 0.2) is 0 Å². The van der Waals surface area contributed by atoms with E-state index in [1.165, 1.54) is 83.5 Å². The molecule has 3 amide bonds. The number of ether oxygens (including phenoxy) is 1. The second-order valence-electron chi connectivity index (χ2n) is 10.7.